The van der Waals surface area contributed by atoms with Crippen molar-refractivity contribution in [1.29, 1.82) is 0 Å². The molecule has 1 N–H and O–H groups in total. The molecule has 29 heavy (non-hydrogen) atoms. The van der Waals surface area contributed by atoms with Crippen LogP contribution in [-0.4, -0.2) is 19.1 Å². The second kappa shape index (κ2) is 9.82. The Kier molecular flexibility index (Phi) is 7.72. The Balaban J connectivity index is 2.20. The average Bonchev–Trinajstić information content (AvgIpc) is 2.68. The average molecular weight is 398 g/mol. The molecule has 4 nitrogen and oxygen atoms in total. The number of hydrogen-bond acceptors (Lipinski definition) is 3. The van der Waals surface area contributed by atoms with Gasteiger partial charge in [-0.1, -0.05) is 32.9 Å². The summed E-state index contributed by atoms with van der Waals surface area (Å²) in [5.74, 6) is 1.90. The fraction of sp³-hybridized carbons (Fsp3) is 0.480. The molecule has 2 unspecified atom stereocenters. The van der Waals surface area contributed by atoms with Gasteiger partial charge in [0.1, 0.15) is 11.5 Å². The van der Waals surface area contributed by atoms with Crippen LogP contribution in [0.1, 0.15) is 73.9 Å². The van der Waals surface area contributed by atoms with Gasteiger partial charge in [-0.2, -0.15) is 0 Å². The van der Waals surface area contributed by atoms with E-state index >= 15 is 0 Å². The number of carbonyl (C=O) groups is 1. The van der Waals surface area contributed by atoms with Crippen LogP contribution in [0.3, 0.4) is 0 Å². The molecule has 0 aromatic heterocycles. The molecule has 0 aliphatic heterocycles. The maximum atomic E-state index is 13.0. The Bertz CT molecular complexity index is 857. The number of aryl methyl sites for hydroxylation is 2. The van der Waals surface area contributed by atoms with Crippen LogP contribution in [0, 0.1) is 20.8 Å². The number of hydrogen-bond donors (Lipinski definition) is 1. The molecule has 0 bridgehead atoms. The number of ether oxygens (including phenoxy) is 2. The molecule has 0 fully saturated rings. The third-order valence-corrected chi connectivity index (χ3v) is 5.55. The first-order valence-corrected chi connectivity index (χ1v) is 10.4. The first kappa shape index (κ1) is 22.8. The van der Waals surface area contributed by atoms with E-state index < -0.39 is 6.10 Å². The molecular weight excluding hydrogens is 362 g/mol. The lowest BCUT2D eigenvalue weighted by Gasteiger charge is -2.24. The lowest BCUT2D eigenvalue weighted by molar-refractivity contribution is -0.128. The Labute approximate surface area is 175 Å². The topological polar surface area (TPSA) is 47.6 Å². The molecule has 2 aromatic carbocycles. The number of benzene rings is 2. The fourth-order valence-electron chi connectivity index (χ4n) is 3.52. The molecule has 1 amide bonds. The van der Waals surface area contributed by atoms with Crippen molar-refractivity contribution in [2.75, 3.05) is 7.11 Å². The minimum absolute atomic E-state index is 0.0952. The summed E-state index contributed by atoms with van der Waals surface area (Å²) in [6.07, 6.45) is 0.0752. The first-order valence-electron chi connectivity index (χ1n) is 10.4. The van der Waals surface area contributed by atoms with Crippen LogP contribution in [0.4, 0.5) is 0 Å². The smallest absolute Gasteiger partial charge is 0.261 e. The predicted molar refractivity (Wildman–Crippen MR) is 119 cm³/mol. The van der Waals surface area contributed by atoms with Crippen molar-refractivity contribution >= 4 is 5.91 Å². The quantitative estimate of drug-likeness (QED) is 0.614. The molecule has 2 aromatic rings. The van der Waals surface area contributed by atoms with Gasteiger partial charge in [0.05, 0.1) is 13.2 Å². The third kappa shape index (κ3) is 5.31. The minimum atomic E-state index is -0.527. The summed E-state index contributed by atoms with van der Waals surface area (Å²) in [6, 6.07) is 10.0. The highest BCUT2D eigenvalue weighted by molar-refractivity contribution is 5.81. The van der Waals surface area contributed by atoms with E-state index in [9.17, 15) is 4.79 Å². The summed E-state index contributed by atoms with van der Waals surface area (Å²) in [5.41, 5.74) is 5.57. The van der Waals surface area contributed by atoms with Gasteiger partial charge in [0.15, 0.2) is 6.10 Å². The van der Waals surface area contributed by atoms with E-state index in [1.54, 1.807) is 7.11 Å². The van der Waals surface area contributed by atoms with Crippen molar-refractivity contribution in [3.05, 3.63) is 58.1 Å². The second-order valence-electron chi connectivity index (χ2n) is 8.05. The Hall–Kier alpha value is -2.49. The van der Waals surface area contributed by atoms with Gasteiger partial charge in [-0.25, -0.2) is 0 Å². The standard InChI is InChI=1S/C25H35NO3/c1-9-22(29-23-12-10-11-16(4)18(23)6)25(27)26-19(7)21-14-20(15(2)3)24(28-8)13-17(21)5/h10-15,19,22H,9H2,1-8H3,(H,26,27). The number of amides is 1. The molecular formula is C25H35NO3. The molecule has 2 rings (SSSR count). The van der Waals surface area contributed by atoms with Gasteiger partial charge in [0.25, 0.3) is 5.91 Å². The van der Waals surface area contributed by atoms with Crippen molar-refractivity contribution < 1.29 is 14.3 Å². The number of rotatable bonds is 8. The number of carbonyl (C=O) groups excluding carboxylic acids is 1. The van der Waals surface area contributed by atoms with Gasteiger partial charge >= 0.3 is 0 Å². The predicted octanol–water partition coefficient (Wildman–Crippen LogP) is 5.78. The number of nitrogens with one attached hydrogen (secondary N) is 1. The number of methoxy groups -OCH3 is 1. The van der Waals surface area contributed by atoms with Crippen molar-refractivity contribution in [2.45, 2.75) is 73.0 Å². The molecule has 2 atom stereocenters. The van der Waals surface area contributed by atoms with Crippen LogP contribution in [0.5, 0.6) is 11.5 Å². The maximum Gasteiger partial charge on any atom is 0.261 e. The van der Waals surface area contributed by atoms with Crippen molar-refractivity contribution in [2.24, 2.45) is 0 Å². The monoisotopic (exact) mass is 397 g/mol. The Morgan fingerprint density at radius 2 is 1.69 bits per heavy atom. The Morgan fingerprint density at radius 1 is 1.00 bits per heavy atom. The van der Waals surface area contributed by atoms with Crippen LogP contribution >= 0.6 is 0 Å². The van der Waals surface area contributed by atoms with E-state index in [1.807, 2.05) is 45.9 Å². The highest BCUT2D eigenvalue weighted by atomic mass is 16.5. The molecule has 0 aliphatic rings. The Morgan fingerprint density at radius 3 is 2.28 bits per heavy atom. The van der Waals surface area contributed by atoms with Gasteiger partial charge in [-0.15, -0.1) is 0 Å². The van der Waals surface area contributed by atoms with Crippen molar-refractivity contribution in [3.8, 4) is 11.5 Å². The molecule has 0 spiro atoms. The molecule has 158 valence electrons. The van der Waals surface area contributed by atoms with E-state index in [-0.39, 0.29) is 11.9 Å². The normalized spacial score (nSPS) is 13.1. The van der Waals surface area contributed by atoms with Gasteiger partial charge in [0.2, 0.25) is 0 Å². The minimum Gasteiger partial charge on any atom is -0.496 e. The van der Waals surface area contributed by atoms with Crippen LogP contribution in [-0.2, 0) is 4.79 Å². The van der Waals surface area contributed by atoms with Gasteiger partial charge in [-0.05, 0) is 86.1 Å². The van der Waals surface area contributed by atoms with E-state index in [0.717, 1.165) is 39.3 Å². The van der Waals surface area contributed by atoms with E-state index in [2.05, 4.69) is 38.2 Å². The maximum absolute atomic E-state index is 13.0. The van der Waals surface area contributed by atoms with Gasteiger partial charge in [0, 0.05) is 0 Å². The molecule has 0 aliphatic carbocycles. The van der Waals surface area contributed by atoms with Gasteiger partial charge in [-0.3, -0.25) is 4.79 Å². The lowest BCUT2D eigenvalue weighted by atomic mass is 9.93. The largest absolute Gasteiger partial charge is 0.496 e. The summed E-state index contributed by atoms with van der Waals surface area (Å²) in [6.45, 7) is 14.4. The zero-order valence-corrected chi connectivity index (χ0v) is 19.1. The molecule has 0 saturated heterocycles. The van der Waals surface area contributed by atoms with Gasteiger partial charge < -0.3 is 14.8 Å². The summed E-state index contributed by atoms with van der Waals surface area (Å²) in [4.78, 5) is 13.0. The summed E-state index contributed by atoms with van der Waals surface area (Å²) >= 11 is 0. The SMILES string of the molecule is CCC(Oc1cccc(C)c1C)C(=O)NC(C)c1cc(C(C)C)c(OC)cc1C. The fourth-order valence-corrected chi connectivity index (χ4v) is 3.52. The van der Waals surface area contributed by atoms with E-state index in [1.165, 1.54) is 0 Å². The zero-order chi connectivity index (χ0) is 21.7. The zero-order valence-electron chi connectivity index (χ0n) is 19.1. The summed E-state index contributed by atoms with van der Waals surface area (Å²) < 4.78 is 11.6. The molecule has 0 radical (unpaired) electrons. The summed E-state index contributed by atoms with van der Waals surface area (Å²) in [7, 11) is 1.70. The van der Waals surface area contributed by atoms with E-state index in [4.69, 9.17) is 9.47 Å². The van der Waals surface area contributed by atoms with Crippen LogP contribution in [0.2, 0.25) is 0 Å². The molecule has 4 heteroatoms. The second-order valence-corrected chi connectivity index (χ2v) is 8.05. The van der Waals surface area contributed by atoms with E-state index in [0.29, 0.717) is 12.3 Å². The first-order chi connectivity index (χ1) is 13.7. The van der Waals surface area contributed by atoms with Crippen LogP contribution in [0.25, 0.3) is 0 Å². The van der Waals surface area contributed by atoms with Crippen molar-refractivity contribution in [1.82, 2.24) is 5.32 Å². The lowest BCUT2D eigenvalue weighted by Crippen LogP contribution is -2.39. The highest BCUT2D eigenvalue weighted by Crippen LogP contribution is 2.32. The summed E-state index contributed by atoms with van der Waals surface area (Å²) in [5, 5.41) is 3.14. The van der Waals surface area contributed by atoms with Crippen LogP contribution in [0.15, 0.2) is 30.3 Å². The van der Waals surface area contributed by atoms with Crippen molar-refractivity contribution in [3.63, 3.8) is 0 Å². The highest BCUT2D eigenvalue weighted by Gasteiger charge is 2.23. The molecule has 0 saturated carbocycles. The molecule has 0 heterocycles. The third-order valence-electron chi connectivity index (χ3n) is 5.55. The van der Waals surface area contributed by atoms with Crippen LogP contribution < -0.4 is 14.8 Å².